The van der Waals surface area contributed by atoms with Gasteiger partial charge in [0.1, 0.15) is 49.4 Å². The molecule has 0 atom stereocenters. The van der Waals surface area contributed by atoms with Gasteiger partial charge in [0.25, 0.3) is 0 Å². The molecule has 0 aliphatic carbocycles. The summed E-state index contributed by atoms with van der Waals surface area (Å²) in [5, 5.41) is 4.61. The van der Waals surface area contributed by atoms with Crippen molar-refractivity contribution in [3.8, 4) is 34.1 Å². The number of halogens is 2. The van der Waals surface area contributed by atoms with Crippen molar-refractivity contribution in [1.29, 1.82) is 0 Å². The number of carbonyl (C=O) groups excluding carboxylic acids is 2. The summed E-state index contributed by atoms with van der Waals surface area (Å²) in [7, 11) is 0. The van der Waals surface area contributed by atoms with Crippen molar-refractivity contribution in [3.63, 3.8) is 0 Å². The molecule has 4 aromatic heterocycles. The van der Waals surface area contributed by atoms with Gasteiger partial charge in [-0.15, -0.1) is 22.7 Å². The Morgan fingerprint density at radius 2 is 0.983 bits per heavy atom. The van der Waals surface area contributed by atoms with Crippen LogP contribution in [0.25, 0.3) is 31.6 Å². The average molecular weight is 846 g/mol. The van der Waals surface area contributed by atoms with E-state index in [1.54, 1.807) is 59.3 Å². The smallest absolute Gasteiger partial charge is 0.153 e. The third-order valence-corrected chi connectivity index (χ3v) is 12.1. The third kappa shape index (κ3) is 8.42. The van der Waals surface area contributed by atoms with E-state index in [0.29, 0.717) is 44.2 Å². The van der Waals surface area contributed by atoms with Crippen LogP contribution in [0.2, 0.25) is 10.0 Å². The largest absolute Gasteiger partial charge is 0.488 e. The molecule has 0 aliphatic rings. The number of benzene rings is 4. The molecule has 0 bridgehead atoms. The summed E-state index contributed by atoms with van der Waals surface area (Å²) in [6.07, 6.45) is 4.98. The van der Waals surface area contributed by atoms with E-state index >= 15 is 0 Å². The van der Waals surface area contributed by atoms with Gasteiger partial charge in [-0.25, -0.2) is 0 Å². The first-order chi connectivity index (χ1) is 28.3. The van der Waals surface area contributed by atoms with Gasteiger partial charge >= 0.3 is 0 Å². The number of pyridine rings is 2. The molecular weight excluding hydrogens is 812 g/mol. The zero-order valence-corrected chi connectivity index (χ0v) is 34.4. The second kappa shape index (κ2) is 17.4. The molecule has 8 aromatic rings. The molecule has 0 saturated carbocycles. The Bertz CT molecular complexity index is 2630. The number of aromatic nitrogens is 2. The van der Waals surface area contributed by atoms with Gasteiger partial charge in [-0.05, 0) is 94.4 Å². The molecule has 8 rings (SSSR count). The number of hydrogen-bond acceptors (Lipinski definition) is 10. The van der Waals surface area contributed by atoms with Gasteiger partial charge in [0.2, 0.25) is 0 Å². The van der Waals surface area contributed by atoms with E-state index in [-0.39, 0.29) is 26.4 Å². The third-order valence-electron chi connectivity index (χ3n) is 9.84. The molecule has 8 nitrogen and oxygen atoms in total. The second-order valence-electron chi connectivity index (χ2n) is 13.5. The molecule has 0 saturated heterocycles. The molecule has 4 heterocycles. The number of aldehydes is 2. The number of rotatable bonds is 15. The summed E-state index contributed by atoms with van der Waals surface area (Å²) in [6, 6.07) is 26.6. The lowest BCUT2D eigenvalue weighted by molar-refractivity contribution is 0.111. The highest BCUT2D eigenvalue weighted by Gasteiger charge is 2.17. The maximum atomic E-state index is 11.9. The summed E-state index contributed by atoms with van der Waals surface area (Å²) in [5.74, 6) is 1.55. The van der Waals surface area contributed by atoms with Crippen LogP contribution in [-0.4, -0.2) is 22.5 Å². The monoisotopic (exact) mass is 844 g/mol. The van der Waals surface area contributed by atoms with Crippen LogP contribution in [0.1, 0.15) is 54.1 Å². The maximum Gasteiger partial charge on any atom is 0.153 e. The molecule has 58 heavy (non-hydrogen) atoms. The first-order valence-corrected chi connectivity index (χ1v) is 20.7. The molecule has 0 spiro atoms. The minimum Gasteiger partial charge on any atom is -0.488 e. The molecule has 0 fully saturated rings. The topological polar surface area (TPSA) is 96.8 Å². The van der Waals surface area contributed by atoms with Crippen LogP contribution in [0, 0.1) is 13.8 Å². The molecule has 0 unspecified atom stereocenters. The van der Waals surface area contributed by atoms with E-state index in [0.717, 1.165) is 77.5 Å². The van der Waals surface area contributed by atoms with Crippen LogP contribution in [0.3, 0.4) is 0 Å². The van der Waals surface area contributed by atoms with Gasteiger partial charge in [0, 0.05) is 35.7 Å². The van der Waals surface area contributed by atoms with E-state index in [1.807, 2.05) is 59.3 Å². The van der Waals surface area contributed by atoms with E-state index in [1.165, 1.54) is 0 Å². The fourth-order valence-corrected chi connectivity index (χ4v) is 8.65. The van der Waals surface area contributed by atoms with Gasteiger partial charge in [-0.2, -0.15) is 0 Å². The Morgan fingerprint density at radius 3 is 1.41 bits per heavy atom. The first-order valence-electron chi connectivity index (χ1n) is 18.2. The standard InChI is InChI=1S/C46H34Cl2N2O6S2/c1-27-31(25-55-43-17-41(33(21-51)15-37(43)47)53-23-29-13-45-39(49-19-29)9-11-57-45)5-3-7-35(27)36-8-4-6-32(28(36)2)26-56-44-18-42(34(22-52)16-38(44)48)54-24-30-14-46-40(50-20-30)10-12-58-46/h3-22H,23-26H2,1-2H3. The number of fused-ring (bicyclic) bond motifs is 2. The van der Waals surface area contributed by atoms with Crippen molar-refractivity contribution < 1.29 is 28.5 Å². The summed E-state index contributed by atoms with van der Waals surface area (Å²) in [5.41, 5.74) is 10.4. The van der Waals surface area contributed by atoms with E-state index in [4.69, 9.17) is 42.1 Å². The van der Waals surface area contributed by atoms with E-state index < -0.39 is 0 Å². The summed E-state index contributed by atoms with van der Waals surface area (Å²) < 4.78 is 26.8. The van der Waals surface area contributed by atoms with Crippen molar-refractivity contribution in [3.05, 3.63) is 163 Å². The van der Waals surface area contributed by atoms with Crippen LogP contribution < -0.4 is 18.9 Å². The lowest BCUT2D eigenvalue weighted by Crippen LogP contribution is -2.04. The lowest BCUT2D eigenvalue weighted by atomic mass is 9.92. The number of carbonyl (C=O) groups is 2. The SMILES string of the molecule is Cc1c(COc2cc(OCc3cnc4ccsc4c3)c(C=O)cc2Cl)cccc1-c1cccc(COc2cc(OCc3cnc4ccsc4c3)c(C=O)cc2Cl)c1C. The minimum absolute atomic E-state index is 0.230. The van der Waals surface area contributed by atoms with Gasteiger partial charge in [0.15, 0.2) is 12.6 Å². The molecular formula is C46H34Cl2N2O6S2. The van der Waals surface area contributed by atoms with Crippen LogP contribution in [-0.2, 0) is 26.4 Å². The molecule has 0 radical (unpaired) electrons. The van der Waals surface area contributed by atoms with Crippen LogP contribution in [0.4, 0.5) is 0 Å². The molecule has 290 valence electrons. The number of ether oxygens (including phenoxy) is 4. The van der Waals surface area contributed by atoms with Crippen molar-refractivity contribution >= 4 is 78.9 Å². The number of thiophene rings is 2. The Labute approximate surface area is 352 Å². The molecule has 0 aliphatic heterocycles. The molecule has 4 aromatic carbocycles. The van der Waals surface area contributed by atoms with Gasteiger partial charge in [-0.3, -0.25) is 19.6 Å². The number of hydrogen-bond donors (Lipinski definition) is 0. The molecule has 0 N–H and O–H groups in total. The van der Waals surface area contributed by atoms with Crippen molar-refractivity contribution in [1.82, 2.24) is 9.97 Å². The maximum absolute atomic E-state index is 11.9. The van der Waals surface area contributed by atoms with E-state index in [2.05, 4.69) is 35.9 Å². The molecule has 0 amide bonds. The Morgan fingerprint density at radius 1 is 0.552 bits per heavy atom. The van der Waals surface area contributed by atoms with Crippen LogP contribution >= 0.6 is 45.9 Å². The molecule has 12 heteroatoms. The van der Waals surface area contributed by atoms with Gasteiger partial charge in [-0.1, -0.05) is 59.6 Å². The fourth-order valence-electron chi connectivity index (χ4n) is 6.58. The zero-order chi connectivity index (χ0) is 40.2. The summed E-state index contributed by atoms with van der Waals surface area (Å²) in [6.45, 7) is 5.05. The highest BCUT2D eigenvalue weighted by Crippen LogP contribution is 2.37. The van der Waals surface area contributed by atoms with Crippen LogP contribution in [0.5, 0.6) is 23.0 Å². The Balaban J connectivity index is 0.958. The predicted molar refractivity (Wildman–Crippen MR) is 232 cm³/mol. The van der Waals surface area contributed by atoms with Crippen molar-refractivity contribution in [2.75, 3.05) is 0 Å². The highest BCUT2D eigenvalue weighted by atomic mass is 35.5. The normalized spacial score (nSPS) is 11.2. The number of nitrogens with zero attached hydrogens (tertiary/aromatic N) is 2. The Hall–Kier alpha value is -5.78. The predicted octanol–water partition coefficient (Wildman–Crippen LogP) is 12.4. The van der Waals surface area contributed by atoms with Crippen molar-refractivity contribution in [2.24, 2.45) is 0 Å². The zero-order valence-electron chi connectivity index (χ0n) is 31.3. The van der Waals surface area contributed by atoms with Crippen LogP contribution in [0.15, 0.2) is 108 Å². The minimum atomic E-state index is 0.230. The summed E-state index contributed by atoms with van der Waals surface area (Å²) in [4.78, 5) is 32.8. The quantitative estimate of drug-likeness (QED) is 0.0941. The second-order valence-corrected chi connectivity index (χ2v) is 16.2. The lowest BCUT2D eigenvalue weighted by Gasteiger charge is -2.18. The van der Waals surface area contributed by atoms with Gasteiger partial charge < -0.3 is 18.9 Å². The van der Waals surface area contributed by atoms with Crippen molar-refractivity contribution in [2.45, 2.75) is 40.3 Å². The van der Waals surface area contributed by atoms with Gasteiger partial charge in [0.05, 0.1) is 41.6 Å². The highest BCUT2D eigenvalue weighted by molar-refractivity contribution is 7.17. The first kappa shape index (κ1) is 39.1. The summed E-state index contributed by atoms with van der Waals surface area (Å²) >= 11 is 16.4. The fraction of sp³-hybridized carbons (Fsp3) is 0.130. The average Bonchev–Trinajstić information content (AvgIpc) is 3.92. The Kier molecular flexibility index (Phi) is 11.7. The van der Waals surface area contributed by atoms with E-state index in [9.17, 15) is 9.59 Å².